The van der Waals surface area contributed by atoms with E-state index in [0.717, 1.165) is 18.4 Å². The summed E-state index contributed by atoms with van der Waals surface area (Å²) in [6.45, 7) is 0. The Balaban J connectivity index is 1.57. The van der Waals surface area contributed by atoms with E-state index < -0.39 is 17.5 Å². The van der Waals surface area contributed by atoms with Gasteiger partial charge in [0, 0.05) is 10.6 Å². The van der Waals surface area contributed by atoms with E-state index in [0.29, 0.717) is 16.1 Å². The first-order valence-electron chi connectivity index (χ1n) is 9.28. The molecule has 1 fully saturated rings. The summed E-state index contributed by atoms with van der Waals surface area (Å²) in [4.78, 5) is 19.3. The number of carbonyl (C=O) groups excluding carboxylic acids is 1. The predicted octanol–water partition coefficient (Wildman–Crippen LogP) is 4.40. The van der Waals surface area contributed by atoms with Crippen molar-refractivity contribution in [3.8, 4) is 11.1 Å². The van der Waals surface area contributed by atoms with Crippen LogP contribution in [-0.4, -0.2) is 15.9 Å². The second-order valence-corrected chi connectivity index (χ2v) is 7.75. The standard InChI is InChI=1S/C21H17ClF3N5O/c22-14-7-3-12(4-8-14)18(31)30-20(9-10-20)13-5-1-11(2-6-13)15-16(26)28-19(21(23,24)25)29-17(15)27/h1-8H,9-10H2,(H,30,31)(H4,26,27,28,29). The smallest absolute Gasteiger partial charge is 0.383 e. The molecule has 0 atom stereocenters. The van der Waals surface area contributed by atoms with E-state index in [-0.39, 0.29) is 23.1 Å². The van der Waals surface area contributed by atoms with Gasteiger partial charge >= 0.3 is 6.18 Å². The van der Waals surface area contributed by atoms with Crippen molar-refractivity contribution in [2.75, 3.05) is 11.5 Å². The van der Waals surface area contributed by atoms with Crippen molar-refractivity contribution in [1.82, 2.24) is 15.3 Å². The number of hydrogen-bond acceptors (Lipinski definition) is 5. The molecule has 10 heteroatoms. The van der Waals surface area contributed by atoms with Gasteiger partial charge in [0.2, 0.25) is 5.82 Å². The molecule has 1 aliphatic rings. The lowest BCUT2D eigenvalue weighted by Gasteiger charge is -2.19. The summed E-state index contributed by atoms with van der Waals surface area (Å²) in [5.74, 6) is -2.32. The van der Waals surface area contributed by atoms with E-state index in [1.54, 1.807) is 48.5 Å². The van der Waals surface area contributed by atoms with E-state index in [9.17, 15) is 18.0 Å². The highest BCUT2D eigenvalue weighted by Crippen LogP contribution is 2.46. The van der Waals surface area contributed by atoms with Crippen molar-refractivity contribution >= 4 is 29.1 Å². The van der Waals surface area contributed by atoms with Crippen molar-refractivity contribution in [2.24, 2.45) is 0 Å². The van der Waals surface area contributed by atoms with Gasteiger partial charge in [0.05, 0.1) is 11.1 Å². The SMILES string of the molecule is Nc1nc(C(F)(F)F)nc(N)c1-c1ccc(C2(NC(=O)c3ccc(Cl)cc3)CC2)cc1. The first-order valence-corrected chi connectivity index (χ1v) is 9.66. The Morgan fingerprint density at radius 3 is 2.00 bits per heavy atom. The number of anilines is 2. The molecule has 1 aromatic heterocycles. The van der Waals surface area contributed by atoms with Gasteiger partial charge in [-0.2, -0.15) is 13.2 Å². The first kappa shape index (κ1) is 20.9. The highest BCUT2D eigenvalue weighted by molar-refractivity contribution is 6.30. The zero-order chi connectivity index (χ0) is 22.4. The number of nitrogens with one attached hydrogen (secondary N) is 1. The minimum atomic E-state index is -4.74. The summed E-state index contributed by atoms with van der Waals surface area (Å²) in [5.41, 5.74) is 12.9. The molecule has 1 heterocycles. The highest BCUT2D eigenvalue weighted by atomic mass is 35.5. The van der Waals surface area contributed by atoms with Gasteiger partial charge in [0.15, 0.2) is 0 Å². The molecule has 6 nitrogen and oxygen atoms in total. The van der Waals surface area contributed by atoms with Crippen LogP contribution in [0, 0.1) is 0 Å². The summed E-state index contributed by atoms with van der Waals surface area (Å²) in [7, 11) is 0. The van der Waals surface area contributed by atoms with Gasteiger partial charge in [0.1, 0.15) is 11.6 Å². The zero-order valence-electron chi connectivity index (χ0n) is 16.0. The Morgan fingerprint density at radius 1 is 0.968 bits per heavy atom. The number of nitrogens with two attached hydrogens (primary N) is 2. The number of nitrogen functional groups attached to an aromatic ring is 2. The molecule has 1 saturated carbocycles. The second kappa shape index (κ2) is 7.42. The van der Waals surface area contributed by atoms with E-state index in [1.807, 2.05) is 0 Å². The average molecular weight is 448 g/mol. The fourth-order valence-electron chi connectivity index (χ4n) is 3.38. The van der Waals surface area contributed by atoms with Gasteiger partial charge in [-0.1, -0.05) is 35.9 Å². The molecule has 31 heavy (non-hydrogen) atoms. The molecule has 3 aromatic rings. The molecule has 0 radical (unpaired) electrons. The molecule has 0 saturated heterocycles. The van der Waals surface area contributed by atoms with Crippen LogP contribution < -0.4 is 16.8 Å². The number of aromatic nitrogens is 2. The number of alkyl halides is 3. The van der Waals surface area contributed by atoms with Crippen molar-refractivity contribution < 1.29 is 18.0 Å². The molecule has 0 aliphatic heterocycles. The normalized spacial score (nSPS) is 14.8. The minimum Gasteiger partial charge on any atom is -0.383 e. The van der Waals surface area contributed by atoms with Gasteiger partial charge in [-0.05, 0) is 48.2 Å². The third-order valence-electron chi connectivity index (χ3n) is 5.15. The van der Waals surface area contributed by atoms with Crippen molar-refractivity contribution in [3.63, 3.8) is 0 Å². The number of halogens is 4. The lowest BCUT2D eigenvalue weighted by molar-refractivity contribution is -0.144. The maximum Gasteiger partial charge on any atom is 0.451 e. The lowest BCUT2D eigenvalue weighted by atomic mass is 9.99. The third-order valence-corrected chi connectivity index (χ3v) is 5.41. The zero-order valence-corrected chi connectivity index (χ0v) is 16.8. The number of carbonyl (C=O) groups is 1. The first-order chi connectivity index (χ1) is 14.6. The molecule has 0 bridgehead atoms. The van der Waals surface area contributed by atoms with Gasteiger partial charge in [-0.25, -0.2) is 9.97 Å². The molecular weight excluding hydrogens is 431 g/mol. The number of amides is 1. The second-order valence-electron chi connectivity index (χ2n) is 7.31. The van der Waals surface area contributed by atoms with Crippen molar-refractivity contribution in [1.29, 1.82) is 0 Å². The Hall–Kier alpha value is -3.33. The topological polar surface area (TPSA) is 107 Å². The fraction of sp³-hybridized carbons (Fsp3) is 0.190. The van der Waals surface area contributed by atoms with Crippen LogP contribution in [0.3, 0.4) is 0 Å². The van der Waals surface area contributed by atoms with Crippen LogP contribution in [0.5, 0.6) is 0 Å². The van der Waals surface area contributed by atoms with Gasteiger partial charge in [-0.3, -0.25) is 4.79 Å². The van der Waals surface area contributed by atoms with Gasteiger partial charge in [-0.15, -0.1) is 0 Å². The molecule has 0 spiro atoms. The van der Waals surface area contributed by atoms with Crippen LogP contribution in [0.15, 0.2) is 48.5 Å². The number of rotatable bonds is 4. The van der Waals surface area contributed by atoms with Gasteiger partial charge < -0.3 is 16.8 Å². The van der Waals surface area contributed by atoms with Crippen LogP contribution in [0.4, 0.5) is 24.8 Å². The molecule has 5 N–H and O–H groups in total. The molecule has 160 valence electrons. The molecular formula is C21H17ClF3N5O. The Labute approximate surface area is 180 Å². The Bertz CT molecular complexity index is 1120. The molecule has 1 amide bonds. The van der Waals surface area contributed by atoms with Crippen LogP contribution in [-0.2, 0) is 11.7 Å². The lowest BCUT2D eigenvalue weighted by Crippen LogP contribution is -2.34. The third kappa shape index (κ3) is 4.13. The maximum atomic E-state index is 12.8. The van der Waals surface area contributed by atoms with Crippen molar-refractivity contribution in [3.05, 3.63) is 70.5 Å². The summed E-state index contributed by atoms with van der Waals surface area (Å²) in [6, 6.07) is 13.5. The monoisotopic (exact) mass is 447 g/mol. The van der Waals surface area contributed by atoms with E-state index in [1.165, 1.54) is 0 Å². The minimum absolute atomic E-state index is 0.134. The van der Waals surface area contributed by atoms with E-state index >= 15 is 0 Å². The van der Waals surface area contributed by atoms with Crippen LogP contribution in [0.1, 0.15) is 34.6 Å². The Morgan fingerprint density at radius 2 is 1.52 bits per heavy atom. The molecule has 4 rings (SSSR count). The van der Waals surface area contributed by atoms with Crippen LogP contribution in [0.25, 0.3) is 11.1 Å². The highest BCUT2D eigenvalue weighted by Gasteiger charge is 2.45. The predicted molar refractivity (Wildman–Crippen MR) is 111 cm³/mol. The quantitative estimate of drug-likeness (QED) is 0.549. The molecule has 2 aromatic carbocycles. The Kier molecular flexibility index (Phi) is 5.01. The van der Waals surface area contributed by atoms with E-state index in [2.05, 4.69) is 15.3 Å². The number of hydrogen-bond donors (Lipinski definition) is 3. The summed E-state index contributed by atoms with van der Waals surface area (Å²) in [6.07, 6.45) is -3.22. The van der Waals surface area contributed by atoms with E-state index in [4.69, 9.17) is 23.1 Å². The number of benzene rings is 2. The van der Waals surface area contributed by atoms with Crippen LogP contribution >= 0.6 is 11.6 Å². The average Bonchev–Trinajstić information content (AvgIpc) is 3.48. The summed E-state index contributed by atoms with van der Waals surface area (Å²) < 4.78 is 38.5. The van der Waals surface area contributed by atoms with Gasteiger partial charge in [0.25, 0.3) is 5.91 Å². The summed E-state index contributed by atoms with van der Waals surface area (Å²) >= 11 is 5.86. The fourth-order valence-corrected chi connectivity index (χ4v) is 3.50. The maximum absolute atomic E-state index is 12.8. The largest absolute Gasteiger partial charge is 0.451 e. The van der Waals surface area contributed by atoms with Crippen LogP contribution in [0.2, 0.25) is 5.02 Å². The van der Waals surface area contributed by atoms with Crippen molar-refractivity contribution in [2.45, 2.75) is 24.6 Å². The number of nitrogens with zero attached hydrogens (tertiary/aromatic N) is 2. The summed E-state index contributed by atoms with van der Waals surface area (Å²) in [5, 5.41) is 3.59. The molecule has 1 aliphatic carbocycles. The molecule has 0 unspecified atom stereocenters.